The average Bonchev–Trinajstić information content (AvgIpc) is 2.74. The summed E-state index contributed by atoms with van der Waals surface area (Å²) in [5.74, 6) is 1.14. The number of carbonyl (C=O) groups excluding carboxylic acids is 1. The summed E-state index contributed by atoms with van der Waals surface area (Å²) in [4.78, 5) is 42.0. The number of fused-ring (bicyclic) bond motifs is 8. The second kappa shape index (κ2) is 6.59. The van der Waals surface area contributed by atoms with Gasteiger partial charge in [0.1, 0.15) is 0 Å². The number of carbonyl (C=O) groups is 1. The maximum Gasteiger partial charge on any atom is 0.320 e. The molecule has 0 aliphatic carbocycles. The SMILES string of the molecule is O=C(N1C[C@@H]2C[C@@H](C1)c1cccc(=O)n1C2)N1C[C@@H]2C[C@@H](C1)c1cccc(=O)n1C2. The summed E-state index contributed by atoms with van der Waals surface area (Å²) >= 11 is 0. The Balaban J connectivity index is 1.24. The molecule has 2 fully saturated rings. The molecule has 2 amide bonds. The second-order valence-corrected chi connectivity index (χ2v) is 9.49. The molecular formula is C23H26N4O3. The first-order valence-electron chi connectivity index (χ1n) is 11.0. The molecule has 156 valence electrons. The molecule has 6 heterocycles. The van der Waals surface area contributed by atoms with Crippen LogP contribution in [0.2, 0.25) is 0 Å². The number of aromatic nitrogens is 2. The number of likely N-dealkylation sites (tertiary alicyclic amines) is 2. The summed E-state index contributed by atoms with van der Waals surface area (Å²) in [6.45, 7) is 4.21. The molecule has 4 bridgehead atoms. The third-order valence-electron chi connectivity index (χ3n) is 7.50. The van der Waals surface area contributed by atoms with Crippen molar-refractivity contribution < 1.29 is 4.79 Å². The predicted molar refractivity (Wildman–Crippen MR) is 112 cm³/mol. The molecule has 0 spiro atoms. The number of hydrogen-bond acceptors (Lipinski definition) is 3. The Kier molecular flexibility index (Phi) is 3.95. The normalized spacial score (nSPS) is 29.2. The van der Waals surface area contributed by atoms with Crippen LogP contribution in [-0.2, 0) is 13.1 Å². The molecule has 0 N–H and O–H groups in total. The highest BCUT2D eigenvalue weighted by Gasteiger charge is 2.41. The van der Waals surface area contributed by atoms with Crippen LogP contribution >= 0.6 is 0 Å². The summed E-state index contributed by atoms with van der Waals surface area (Å²) in [5, 5.41) is 0. The van der Waals surface area contributed by atoms with Crippen LogP contribution in [-0.4, -0.2) is 51.1 Å². The molecule has 7 heteroatoms. The minimum atomic E-state index is 0.0692. The Bertz CT molecular complexity index is 1050. The fourth-order valence-electron chi connectivity index (χ4n) is 6.31. The average molecular weight is 406 g/mol. The van der Waals surface area contributed by atoms with Crippen molar-refractivity contribution in [3.8, 4) is 0 Å². The Morgan fingerprint density at radius 2 is 1.13 bits per heavy atom. The van der Waals surface area contributed by atoms with Gasteiger partial charge < -0.3 is 18.9 Å². The topological polar surface area (TPSA) is 67.6 Å². The van der Waals surface area contributed by atoms with Gasteiger partial charge in [0, 0.05) is 74.6 Å². The Hall–Kier alpha value is -2.83. The highest BCUT2D eigenvalue weighted by molar-refractivity contribution is 5.75. The molecule has 30 heavy (non-hydrogen) atoms. The number of rotatable bonds is 0. The molecule has 0 unspecified atom stereocenters. The second-order valence-electron chi connectivity index (χ2n) is 9.49. The predicted octanol–water partition coefficient (Wildman–Crippen LogP) is 1.67. The van der Waals surface area contributed by atoms with Gasteiger partial charge in [0.25, 0.3) is 11.1 Å². The zero-order valence-electron chi connectivity index (χ0n) is 16.9. The lowest BCUT2D eigenvalue weighted by atomic mass is 9.82. The van der Waals surface area contributed by atoms with Gasteiger partial charge in [0.05, 0.1) is 0 Å². The molecule has 0 saturated carbocycles. The molecule has 2 aromatic rings. The maximum absolute atomic E-state index is 13.5. The molecule has 6 rings (SSSR count). The number of piperidine rings is 2. The lowest BCUT2D eigenvalue weighted by molar-refractivity contribution is 0.0778. The quantitative estimate of drug-likeness (QED) is 0.668. The van der Waals surface area contributed by atoms with Gasteiger partial charge in [-0.25, -0.2) is 4.79 Å². The lowest BCUT2D eigenvalue weighted by Gasteiger charge is -2.47. The molecule has 4 aliphatic heterocycles. The number of amides is 2. The van der Waals surface area contributed by atoms with E-state index in [1.807, 2.05) is 43.2 Å². The number of hydrogen-bond donors (Lipinski definition) is 0. The van der Waals surface area contributed by atoms with Gasteiger partial charge in [-0.2, -0.15) is 0 Å². The van der Waals surface area contributed by atoms with E-state index in [0.717, 1.165) is 37.3 Å². The van der Waals surface area contributed by atoms with E-state index in [1.165, 1.54) is 0 Å². The van der Waals surface area contributed by atoms with Crippen LogP contribution < -0.4 is 11.1 Å². The van der Waals surface area contributed by atoms with E-state index >= 15 is 0 Å². The summed E-state index contributed by atoms with van der Waals surface area (Å²) in [6, 6.07) is 11.1. The van der Waals surface area contributed by atoms with Crippen LogP contribution in [0.1, 0.15) is 36.1 Å². The number of urea groups is 1. The summed E-state index contributed by atoms with van der Waals surface area (Å²) in [6.07, 6.45) is 2.10. The van der Waals surface area contributed by atoms with E-state index in [9.17, 15) is 14.4 Å². The third-order valence-corrected chi connectivity index (χ3v) is 7.50. The van der Waals surface area contributed by atoms with E-state index in [-0.39, 0.29) is 29.0 Å². The Morgan fingerprint density at radius 3 is 1.60 bits per heavy atom. The summed E-state index contributed by atoms with van der Waals surface area (Å²) < 4.78 is 3.81. The van der Waals surface area contributed by atoms with Crippen molar-refractivity contribution in [3.05, 3.63) is 68.5 Å². The van der Waals surface area contributed by atoms with Gasteiger partial charge in [-0.05, 0) is 36.8 Å². The number of nitrogens with zero attached hydrogens (tertiary/aromatic N) is 4. The fraction of sp³-hybridized carbons (Fsp3) is 0.522. The van der Waals surface area contributed by atoms with Gasteiger partial charge in [-0.15, -0.1) is 0 Å². The standard InChI is InChI=1S/C23H26N4O3/c28-21-5-1-3-19-17-7-15(11-26(19)21)9-24(13-17)23(30)25-10-16-8-18(14-25)20-4-2-6-22(29)27(20)12-16/h1-6,15-18H,7-14H2/t15-,16-,17-,18-/m0/s1. The van der Waals surface area contributed by atoms with Gasteiger partial charge >= 0.3 is 6.03 Å². The molecule has 4 atom stereocenters. The molecule has 4 aliphatic rings. The van der Waals surface area contributed by atoms with Crippen LogP contribution in [0.25, 0.3) is 0 Å². The largest absolute Gasteiger partial charge is 0.324 e. The Morgan fingerprint density at radius 1 is 0.667 bits per heavy atom. The van der Waals surface area contributed by atoms with Crippen LogP contribution in [0.4, 0.5) is 4.79 Å². The maximum atomic E-state index is 13.5. The monoisotopic (exact) mass is 406 g/mol. The van der Waals surface area contributed by atoms with Crippen LogP contribution in [0.5, 0.6) is 0 Å². The summed E-state index contributed by atoms with van der Waals surface area (Å²) in [5.41, 5.74) is 2.28. The minimum Gasteiger partial charge on any atom is -0.324 e. The van der Waals surface area contributed by atoms with Crippen molar-refractivity contribution in [2.75, 3.05) is 26.2 Å². The van der Waals surface area contributed by atoms with E-state index < -0.39 is 0 Å². The molecule has 0 aromatic carbocycles. The molecule has 2 saturated heterocycles. The van der Waals surface area contributed by atoms with E-state index in [1.54, 1.807) is 12.1 Å². The zero-order chi connectivity index (χ0) is 20.4. The van der Waals surface area contributed by atoms with Crippen LogP contribution in [0.15, 0.2) is 46.0 Å². The first-order valence-corrected chi connectivity index (χ1v) is 11.0. The number of pyridine rings is 2. The highest BCUT2D eigenvalue weighted by Crippen LogP contribution is 2.38. The van der Waals surface area contributed by atoms with Crippen molar-refractivity contribution in [2.24, 2.45) is 11.8 Å². The van der Waals surface area contributed by atoms with Crippen LogP contribution in [0, 0.1) is 11.8 Å². The van der Waals surface area contributed by atoms with Crippen molar-refractivity contribution in [3.63, 3.8) is 0 Å². The van der Waals surface area contributed by atoms with E-state index in [2.05, 4.69) is 0 Å². The molecular weight excluding hydrogens is 380 g/mol. The van der Waals surface area contributed by atoms with Gasteiger partial charge in [-0.1, -0.05) is 12.1 Å². The minimum absolute atomic E-state index is 0.0692. The summed E-state index contributed by atoms with van der Waals surface area (Å²) in [7, 11) is 0. The van der Waals surface area contributed by atoms with Crippen molar-refractivity contribution in [1.29, 1.82) is 0 Å². The van der Waals surface area contributed by atoms with Crippen molar-refractivity contribution in [1.82, 2.24) is 18.9 Å². The van der Waals surface area contributed by atoms with Gasteiger partial charge in [0.15, 0.2) is 0 Å². The highest BCUT2D eigenvalue weighted by atomic mass is 16.2. The van der Waals surface area contributed by atoms with Gasteiger partial charge in [0.2, 0.25) is 0 Å². The molecule has 0 radical (unpaired) electrons. The van der Waals surface area contributed by atoms with Crippen molar-refractivity contribution in [2.45, 2.75) is 37.8 Å². The van der Waals surface area contributed by atoms with Crippen LogP contribution in [0.3, 0.4) is 0 Å². The fourth-order valence-corrected chi connectivity index (χ4v) is 6.31. The smallest absolute Gasteiger partial charge is 0.320 e. The zero-order valence-corrected chi connectivity index (χ0v) is 16.9. The van der Waals surface area contributed by atoms with Crippen molar-refractivity contribution >= 4 is 6.03 Å². The van der Waals surface area contributed by atoms with E-state index in [0.29, 0.717) is 38.0 Å². The Labute approximate surface area is 174 Å². The lowest BCUT2D eigenvalue weighted by Crippen LogP contribution is -2.56. The third kappa shape index (κ3) is 2.75. The molecule has 7 nitrogen and oxygen atoms in total. The first kappa shape index (κ1) is 18.0. The van der Waals surface area contributed by atoms with Gasteiger partial charge in [-0.3, -0.25) is 9.59 Å². The van der Waals surface area contributed by atoms with E-state index in [4.69, 9.17) is 0 Å². The first-order chi connectivity index (χ1) is 14.6. The molecule has 2 aromatic heterocycles.